The molecule has 1 amide bonds. The fraction of sp³-hybridized carbons (Fsp3) is 0.333. The molecule has 11 heteroatoms. The minimum atomic E-state index is -0.581. The van der Waals surface area contributed by atoms with Crippen molar-refractivity contribution in [2.24, 2.45) is 0 Å². The molecule has 0 spiro atoms. The van der Waals surface area contributed by atoms with Crippen LogP contribution in [0.1, 0.15) is 10.4 Å². The van der Waals surface area contributed by atoms with Gasteiger partial charge in [0.2, 0.25) is 0 Å². The van der Waals surface area contributed by atoms with Crippen LogP contribution in [0.3, 0.4) is 0 Å². The number of thiazole rings is 1. The molecule has 1 aliphatic heterocycles. The van der Waals surface area contributed by atoms with Crippen LogP contribution in [0.15, 0.2) is 36.4 Å². The highest BCUT2D eigenvalue weighted by atomic mass is 35.5. The number of carbonyl (C=O) groups excluding carboxylic acids is 1. The van der Waals surface area contributed by atoms with E-state index in [1.165, 1.54) is 18.2 Å². The largest absolute Gasteiger partial charge is 0.497 e. The number of anilines is 1. The lowest BCUT2D eigenvalue weighted by atomic mass is 10.1. The van der Waals surface area contributed by atoms with Crippen molar-refractivity contribution in [3.8, 4) is 5.75 Å². The van der Waals surface area contributed by atoms with Gasteiger partial charge in [-0.3, -0.25) is 19.8 Å². The van der Waals surface area contributed by atoms with Gasteiger partial charge in [-0.1, -0.05) is 22.9 Å². The molecule has 1 N–H and O–H groups in total. The number of hydrogen-bond acceptors (Lipinski definition) is 8. The Kier molecular flexibility index (Phi) is 6.73. The number of benzene rings is 2. The Labute approximate surface area is 193 Å². The van der Waals surface area contributed by atoms with Gasteiger partial charge in [0.15, 0.2) is 5.13 Å². The Morgan fingerprint density at radius 2 is 2.03 bits per heavy atom. The zero-order valence-electron chi connectivity index (χ0n) is 17.4. The van der Waals surface area contributed by atoms with Crippen molar-refractivity contribution in [1.29, 1.82) is 0 Å². The summed E-state index contributed by atoms with van der Waals surface area (Å²) in [4.78, 5) is 32.2. The number of aromatic nitrogens is 1. The second-order valence-corrected chi connectivity index (χ2v) is 8.78. The van der Waals surface area contributed by atoms with E-state index >= 15 is 0 Å². The van der Waals surface area contributed by atoms with Gasteiger partial charge in [-0.15, -0.1) is 0 Å². The molecule has 168 valence electrons. The number of nitrogens with one attached hydrogen (secondary N) is 1. The zero-order valence-corrected chi connectivity index (χ0v) is 19.0. The number of carbonyl (C=O) groups is 1. The summed E-state index contributed by atoms with van der Waals surface area (Å²) >= 11 is 7.55. The number of nitro groups is 1. The predicted molar refractivity (Wildman–Crippen MR) is 125 cm³/mol. The van der Waals surface area contributed by atoms with Gasteiger partial charge in [-0.25, -0.2) is 4.98 Å². The topological polar surface area (TPSA) is 101 Å². The van der Waals surface area contributed by atoms with Gasteiger partial charge >= 0.3 is 0 Å². The van der Waals surface area contributed by atoms with Gasteiger partial charge in [0, 0.05) is 50.4 Å². The summed E-state index contributed by atoms with van der Waals surface area (Å²) in [7, 11) is 1.65. The smallest absolute Gasteiger partial charge is 0.282 e. The van der Waals surface area contributed by atoms with Crippen molar-refractivity contribution in [3.05, 3.63) is 57.1 Å². The lowest BCUT2D eigenvalue weighted by Gasteiger charge is -2.34. The second kappa shape index (κ2) is 9.68. The third kappa shape index (κ3) is 4.93. The first-order chi connectivity index (χ1) is 15.4. The highest BCUT2D eigenvalue weighted by Gasteiger charge is 2.22. The van der Waals surface area contributed by atoms with Crippen LogP contribution in [-0.4, -0.2) is 67.1 Å². The van der Waals surface area contributed by atoms with Crippen molar-refractivity contribution in [1.82, 2.24) is 15.2 Å². The molecular formula is C21H22ClN5O4S. The maximum absolute atomic E-state index is 12.4. The van der Waals surface area contributed by atoms with Crippen LogP contribution in [0.4, 0.5) is 10.8 Å². The van der Waals surface area contributed by atoms with E-state index in [-0.39, 0.29) is 16.3 Å². The van der Waals surface area contributed by atoms with Crippen LogP contribution in [0.25, 0.3) is 10.2 Å². The molecule has 4 rings (SSSR count). The van der Waals surface area contributed by atoms with Gasteiger partial charge in [-0.2, -0.15) is 0 Å². The van der Waals surface area contributed by atoms with Gasteiger partial charge in [-0.05, 0) is 30.3 Å². The molecule has 0 saturated carbocycles. The Bertz CT molecular complexity index is 1150. The monoisotopic (exact) mass is 475 g/mol. The number of methoxy groups -OCH3 is 1. The van der Waals surface area contributed by atoms with Crippen LogP contribution in [0, 0.1) is 10.1 Å². The van der Waals surface area contributed by atoms with E-state index in [1.807, 2.05) is 18.2 Å². The normalized spacial score (nSPS) is 14.5. The van der Waals surface area contributed by atoms with Gasteiger partial charge < -0.3 is 15.0 Å². The first-order valence-electron chi connectivity index (χ1n) is 10.1. The number of rotatable bonds is 7. The predicted octanol–water partition coefficient (Wildman–Crippen LogP) is 3.42. The van der Waals surface area contributed by atoms with E-state index < -0.39 is 10.8 Å². The minimum Gasteiger partial charge on any atom is -0.497 e. The highest BCUT2D eigenvalue weighted by molar-refractivity contribution is 7.22. The SMILES string of the molecule is COc1ccc2nc(N3CCN(CCNC(=O)c4cc(Cl)ccc4[N+](=O)[O-])CC3)sc2c1. The number of hydrogen-bond donors (Lipinski definition) is 1. The molecule has 0 bridgehead atoms. The summed E-state index contributed by atoms with van der Waals surface area (Å²) in [6, 6.07) is 9.85. The lowest BCUT2D eigenvalue weighted by molar-refractivity contribution is -0.385. The fourth-order valence-corrected chi connectivity index (χ4v) is 4.81. The van der Waals surface area contributed by atoms with E-state index in [1.54, 1.807) is 18.4 Å². The molecule has 2 heterocycles. The Morgan fingerprint density at radius 3 is 2.75 bits per heavy atom. The van der Waals surface area contributed by atoms with Gasteiger partial charge in [0.25, 0.3) is 11.6 Å². The number of nitrogens with zero attached hydrogens (tertiary/aromatic N) is 4. The molecule has 0 radical (unpaired) electrons. The molecule has 0 aliphatic carbocycles. The van der Waals surface area contributed by atoms with Crippen LogP contribution < -0.4 is 15.0 Å². The summed E-state index contributed by atoms with van der Waals surface area (Å²) < 4.78 is 6.38. The van der Waals surface area contributed by atoms with Gasteiger partial charge in [0.05, 0.1) is 22.2 Å². The van der Waals surface area contributed by atoms with Crippen LogP contribution in [-0.2, 0) is 0 Å². The fourth-order valence-electron chi connectivity index (χ4n) is 3.59. The molecule has 2 aromatic carbocycles. The molecule has 0 unspecified atom stereocenters. The first-order valence-corrected chi connectivity index (χ1v) is 11.3. The molecule has 3 aromatic rings. The Morgan fingerprint density at radius 1 is 1.25 bits per heavy atom. The number of amides is 1. The Balaban J connectivity index is 1.28. The van der Waals surface area contributed by atoms with E-state index in [9.17, 15) is 14.9 Å². The maximum atomic E-state index is 12.4. The molecular weight excluding hydrogens is 454 g/mol. The van der Waals surface area contributed by atoms with Crippen molar-refractivity contribution in [2.75, 3.05) is 51.3 Å². The van der Waals surface area contributed by atoms with E-state index in [0.29, 0.717) is 13.1 Å². The molecule has 32 heavy (non-hydrogen) atoms. The molecule has 1 aromatic heterocycles. The summed E-state index contributed by atoms with van der Waals surface area (Å²) in [5.74, 6) is 0.324. The third-order valence-corrected chi connectivity index (χ3v) is 6.65. The number of halogens is 1. The maximum Gasteiger partial charge on any atom is 0.282 e. The van der Waals surface area contributed by atoms with Crippen LogP contribution in [0.5, 0.6) is 5.75 Å². The molecule has 1 saturated heterocycles. The average molecular weight is 476 g/mol. The van der Waals surface area contributed by atoms with Crippen LogP contribution >= 0.6 is 22.9 Å². The molecule has 9 nitrogen and oxygen atoms in total. The average Bonchev–Trinajstić information content (AvgIpc) is 3.22. The quantitative estimate of drug-likeness (QED) is 0.412. The summed E-state index contributed by atoms with van der Waals surface area (Å²) in [5, 5.41) is 15.2. The van der Waals surface area contributed by atoms with Crippen LogP contribution in [0.2, 0.25) is 5.02 Å². The highest BCUT2D eigenvalue weighted by Crippen LogP contribution is 2.31. The van der Waals surface area contributed by atoms with E-state index in [0.717, 1.165) is 47.3 Å². The zero-order chi connectivity index (χ0) is 22.7. The lowest BCUT2D eigenvalue weighted by Crippen LogP contribution is -2.48. The van der Waals surface area contributed by atoms with Crippen molar-refractivity contribution in [2.45, 2.75) is 0 Å². The minimum absolute atomic E-state index is 0.0280. The number of fused-ring (bicyclic) bond motifs is 1. The number of piperazine rings is 1. The summed E-state index contributed by atoms with van der Waals surface area (Å²) in [5.41, 5.74) is 0.680. The molecule has 0 atom stereocenters. The van der Waals surface area contributed by atoms with E-state index in [2.05, 4.69) is 15.1 Å². The third-order valence-electron chi connectivity index (χ3n) is 5.34. The van der Waals surface area contributed by atoms with Crippen molar-refractivity contribution in [3.63, 3.8) is 0 Å². The van der Waals surface area contributed by atoms with Gasteiger partial charge in [0.1, 0.15) is 11.3 Å². The molecule has 1 aliphatic rings. The second-order valence-electron chi connectivity index (χ2n) is 7.33. The summed E-state index contributed by atoms with van der Waals surface area (Å²) in [6.07, 6.45) is 0. The van der Waals surface area contributed by atoms with Crippen molar-refractivity contribution < 1.29 is 14.5 Å². The standard InChI is InChI=1S/C21H22ClN5O4S/c1-31-15-3-4-17-19(13-15)32-21(24-17)26-10-8-25(9-11-26)7-6-23-20(28)16-12-14(22)2-5-18(16)27(29)30/h2-5,12-13H,6-11H2,1H3,(H,23,28). The number of nitro benzene ring substituents is 1. The Hall–Kier alpha value is -2.95. The van der Waals surface area contributed by atoms with Crippen molar-refractivity contribution >= 4 is 49.9 Å². The summed E-state index contributed by atoms with van der Waals surface area (Å²) in [6.45, 7) is 4.41. The number of ether oxygens (including phenoxy) is 1. The molecule has 1 fully saturated rings. The van der Waals surface area contributed by atoms with E-state index in [4.69, 9.17) is 21.3 Å². The first kappa shape index (κ1) is 22.3.